The molecule has 0 bridgehead atoms. The molecule has 0 radical (unpaired) electrons. The van der Waals surface area contributed by atoms with E-state index < -0.39 is 4.92 Å². The molecule has 0 amide bonds. The number of anilines is 1. The number of nitrogens with zero attached hydrogens (tertiary/aromatic N) is 3. The summed E-state index contributed by atoms with van der Waals surface area (Å²) in [7, 11) is 0. The average molecular weight is 276 g/mol. The Labute approximate surface area is 114 Å². The predicted molar refractivity (Wildman–Crippen MR) is 72.0 cm³/mol. The summed E-state index contributed by atoms with van der Waals surface area (Å²) in [5.41, 5.74) is 2.32. The third kappa shape index (κ3) is 3.31. The first kappa shape index (κ1) is 13.5. The van der Waals surface area contributed by atoms with E-state index in [1.165, 1.54) is 24.6 Å². The third-order valence-corrected chi connectivity index (χ3v) is 2.24. The van der Waals surface area contributed by atoms with Crippen LogP contribution in [0.1, 0.15) is 12.7 Å². The summed E-state index contributed by atoms with van der Waals surface area (Å²) in [4.78, 5) is 14.3. The van der Waals surface area contributed by atoms with Gasteiger partial charge in [-0.25, -0.2) is 0 Å². The van der Waals surface area contributed by atoms with E-state index in [1.54, 1.807) is 19.1 Å². The van der Waals surface area contributed by atoms with Gasteiger partial charge in [0.2, 0.25) is 11.7 Å². The molecule has 8 heteroatoms. The molecule has 0 aliphatic rings. The molecule has 1 N–H and O–H groups in total. The molecule has 2 aromatic heterocycles. The third-order valence-electron chi connectivity index (χ3n) is 2.24. The number of nitrogens with one attached hydrogen (secondary N) is 1. The number of ether oxygens (including phenoxy) is 1. The lowest BCUT2D eigenvalue weighted by Crippen LogP contribution is -2.02. The van der Waals surface area contributed by atoms with Crippen LogP contribution in [0.5, 0.6) is 5.88 Å². The second-order valence-electron chi connectivity index (χ2n) is 3.59. The summed E-state index contributed by atoms with van der Waals surface area (Å²) in [5, 5.41) is 14.7. The average Bonchev–Trinajstić information content (AvgIpc) is 2.92. The Morgan fingerprint density at radius 1 is 1.55 bits per heavy atom. The number of hydrazone groups is 1. The first-order chi connectivity index (χ1) is 9.70. The lowest BCUT2D eigenvalue weighted by molar-refractivity contribution is -0.384. The van der Waals surface area contributed by atoms with Crippen molar-refractivity contribution >= 4 is 17.7 Å². The highest BCUT2D eigenvalue weighted by atomic mass is 16.6. The van der Waals surface area contributed by atoms with E-state index in [-0.39, 0.29) is 17.4 Å². The zero-order valence-electron chi connectivity index (χ0n) is 10.6. The van der Waals surface area contributed by atoms with Crippen molar-refractivity contribution in [1.29, 1.82) is 0 Å². The minimum Gasteiger partial charge on any atom is -0.478 e. The van der Waals surface area contributed by atoms with Crippen molar-refractivity contribution < 1.29 is 14.1 Å². The topological polar surface area (TPSA) is 103 Å². The molecular weight excluding hydrogens is 264 g/mol. The number of aromatic nitrogens is 1. The van der Waals surface area contributed by atoms with E-state index in [0.29, 0.717) is 12.4 Å². The highest BCUT2D eigenvalue weighted by Gasteiger charge is 2.16. The van der Waals surface area contributed by atoms with E-state index >= 15 is 0 Å². The van der Waals surface area contributed by atoms with Gasteiger partial charge in [0.15, 0.2) is 0 Å². The molecule has 20 heavy (non-hydrogen) atoms. The van der Waals surface area contributed by atoms with Crippen LogP contribution in [0, 0.1) is 10.1 Å². The molecule has 2 aromatic rings. The van der Waals surface area contributed by atoms with Crippen LogP contribution in [-0.2, 0) is 0 Å². The Morgan fingerprint density at radius 2 is 2.40 bits per heavy atom. The van der Waals surface area contributed by atoms with Gasteiger partial charge >= 0.3 is 5.69 Å². The van der Waals surface area contributed by atoms with Crippen LogP contribution in [0.4, 0.5) is 11.5 Å². The molecule has 0 spiro atoms. The molecule has 8 nitrogen and oxygen atoms in total. The largest absolute Gasteiger partial charge is 0.478 e. The van der Waals surface area contributed by atoms with Gasteiger partial charge in [0.05, 0.1) is 24.0 Å². The SMILES string of the molecule is CCOc1ccc([N+](=O)[O-])c(NN=Cc2ccco2)n1. The molecule has 0 saturated heterocycles. The molecular formula is C12H12N4O4. The van der Waals surface area contributed by atoms with Gasteiger partial charge in [-0.15, -0.1) is 0 Å². The minimum absolute atomic E-state index is 0.00348. The van der Waals surface area contributed by atoms with Crippen LogP contribution in [0.3, 0.4) is 0 Å². The maximum atomic E-state index is 10.9. The molecule has 0 aliphatic heterocycles. The second kappa shape index (κ2) is 6.32. The van der Waals surface area contributed by atoms with Crippen molar-refractivity contribution in [1.82, 2.24) is 4.98 Å². The number of furan rings is 1. The molecule has 104 valence electrons. The van der Waals surface area contributed by atoms with E-state index in [9.17, 15) is 10.1 Å². The number of hydrogen-bond donors (Lipinski definition) is 1. The molecule has 2 heterocycles. The summed E-state index contributed by atoms with van der Waals surface area (Å²) in [6.07, 6.45) is 2.89. The van der Waals surface area contributed by atoms with E-state index in [1.807, 2.05) is 0 Å². The van der Waals surface area contributed by atoms with E-state index in [4.69, 9.17) is 9.15 Å². The predicted octanol–water partition coefficient (Wildman–Crippen LogP) is 2.43. The summed E-state index contributed by atoms with van der Waals surface area (Å²) in [6, 6.07) is 6.15. The zero-order valence-corrected chi connectivity index (χ0v) is 10.6. The molecule has 0 aliphatic carbocycles. The summed E-state index contributed by atoms with van der Waals surface area (Å²) >= 11 is 0. The van der Waals surface area contributed by atoms with Crippen LogP contribution in [0.15, 0.2) is 40.0 Å². The van der Waals surface area contributed by atoms with Crippen molar-refractivity contribution in [2.75, 3.05) is 12.0 Å². The van der Waals surface area contributed by atoms with Gasteiger partial charge in [-0.05, 0) is 19.1 Å². The highest BCUT2D eigenvalue weighted by Crippen LogP contribution is 2.24. The summed E-state index contributed by atoms with van der Waals surface area (Å²) < 4.78 is 10.2. The lowest BCUT2D eigenvalue weighted by atomic mass is 10.4. The summed E-state index contributed by atoms with van der Waals surface area (Å²) in [6.45, 7) is 2.21. The number of hydrogen-bond acceptors (Lipinski definition) is 7. The minimum atomic E-state index is -0.548. The van der Waals surface area contributed by atoms with Gasteiger partial charge in [-0.1, -0.05) is 0 Å². The lowest BCUT2D eigenvalue weighted by Gasteiger charge is -2.05. The van der Waals surface area contributed by atoms with Gasteiger partial charge in [0, 0.05) is 12.1 Å². The Balaban J connectivity index is 2.19. The quantitative estimate of drug-likeness (QED) is 0.493. The molecule has 0 unspecified atom stereocenters. The maximum Gasteiger partial charge on any atom is 0.313 e. The van der Waals surface area contributed by atoms with Crippen LogP contribution in [-0.4, -0.2) is 22.7 Å². The van der Waals surface area contributed by atoms with Crippen LogP contribution < -0.4 is 10.2 Å². The normalized spacial score (nSPS) is 10.7. The Bertz CT molecular complexity index is 610. The van der Waals surface area contributed by atoms with Crippen molar-refractivity contribution in [3.8, 4) is 5.88 Å². The first-order valence-corrected chi connectivity index (χ1v) is 5.81. The standard InChI is InChI=1S/C12H12N4O4/c1-2-19-11-6-5-10(16(17)18)12(14-11)15-13-8-9-4-3-7-20-9/h3-8H,2H2,1H3,(H,14,15). The van der Waals surface area contributed by atoms with Gasteiger partial charge in [-0.3, -0.25) is 15.5 Å². The molecule has 0 saturated carbocycles. The number of pyridine rings is 1. The maximum absolute atomic E-state index is 10.9. The fourth-order valence-electron chi connectivity index (χ4n) is 1.41. The number of rotatable bonds is 6. The Morgan fingerprint density at radius 3 is 3.05 bits per heavy atom. The highest BCUT2D eigenvalue weighted by molar-refractivity contribution is 5.76. The van der Waals surface area contributed by atoms with Gasteiger partial charge in [0.25, 0.3) is 0 Å². The zero-order chi connectivity index (χ0) is 14.4. The van der Waals surface area contributed by atoms with Gasteiger partial charge < -0.3 is 9.15 Å². The van der Waals surface area contributed by atoms with Crippen molar-refractivity contribution in [3.63, 3.8) is 0 Å². The van der Waals surface area contributed by atoms with Crippen molar-refractivity contribution in [2.45, 2.75) is 6.92 Å². The Hall–Kier alpha value is -2.90. The van der Waals surface area contributed by atoms with Crippen molar-refractivity contribution in [2.24, 2.45) is 5.10 Å². The molecule has 0 fully saturated rings. The Kier molecular flexibility index (Phi) is 4.28. The van der Waals surface area contributed by atoms with E-state index in [2.05, 4.69) is 15.5 Å². The first-order valence-electron chi connectivity index (χ1n) is 5.81. The fraction of sp³-hybridized carbons (Fsp3) is 0.167. The fourth-order valence-corrected chi connectivity index (χ4v) is 1.41. The van der Waals surface area contributed by atoms with Gasteiger partial charge in [-0.2, -0.15) is 10.1 Å². The van der Waals surface area contributed by atoms with Gasteiger partial charge in [0.1, 0.15) is 5.76 Å². The van der Waals surface area contributed by atoms with Crippen molar-refractivity contribution in [3.05, 3.63) is 46.4 Å². The van der Waals surface area contributed by atoms with E-state index in [0.717, 1.165) is 0 Å². The van der Waals surface area contributed by atoms with Crippen LogP contribution in [0.25, 0.3) is 0 Å². The molecule has 0 aromatic carbocycles. The molecule has 0 atom stereocenters. The smallest absolute Gasteiger partial charge is 0.313 e. The van der Waals surface area contributed by atoms with Crippen LogP contribution in [0.2, 0.25) is 0 Å². The molecule has 2 rings (SSSR count). The number of nitro groups is 1. The second-order valence-corrected chi connectivity index (χ2v) is 3.59. The van der Waals surface area contributed by atoms with Crippen LogP contribution >= 0.6 is 0 Å². The monoisotopic (exact) mass is 276 g/mol. The summed E-state index contributed by atoms with van der Waals surface area (Å²) in [5.74, 6) is 0.804.